The SMILES string of the molecule is CCOc1ccnc(NCCN(C)C2CC2)n1. The molecular formula is C12H20N4O. The lowest BCUT2D eigenvalue weighted by Gasteiger charge is -2.15. The van der Waals surface area contributed by atoms with Crippen LogP contribution in [0, 0.1) is 0 Å². The molecule has 0 aromatic carbocycles. The van der Waals surface area contributed by atoms with Crippen LogP contribution in [0.1, 0.15) is 19.8 Å². The number of anilines is 1. The van der Waals surface area contributed by atoms with Crippen LogP contribution in [0.25, 0.3) is 0 Å². The number of nitrogens with one attached hydrogen (secondary N) is 1. The van der Waals surface area contributed by atoms with E-state index in [2.05, 4.69) is 27.2 Å². The van der Waals surface area contributed by atoms with Crippen molar-refractivity contribution < 1.29 is 4.74 Å². The average Bonchev–Trinajstić information content (AvgIpc) is 3.14. The van der Waals surface area contributed by atoms with E-state index in [-0.39, 0.29) is 0 Å². The number of nitrogens with zero attached hydrogens (tertiary/aromatic N) is 3. The van der Waals surface area contributed by atoms with Gasteiger partial charge in [0.15, 0.2) is 0 Å². The molecule has 1 saturated carbocycles. The summed E-state index contributed by atoms with van der Waals surface area (Å²) in [6, 6.07) is 2.57. The Hall–Kier alpha value is -1.36. The lowest BCUT2D eigenvalue weighted by molar-refractivity contribution is 0.326. The van der Waals surface area contributed by atoms with Gasteiger partial charge in [-0.2, -0.15) is 4.98 Å². The smallest absolute Gasteiger partial charge is 0.225 e. The van der Waals surface area contributed by atoms with Gasteiger partial charge in [-0.05, 0) is 26.8 Å². The van der Waals surface area contributed by atoms with Crippen LogP contribution in [0.4, 0.5) is 5.95 Å². The number of hydrogen-bond donors (Lipinski definition) is 1. The second kappa shape index (κ2) is 5.82. The van der Waals surface area contributed by atoms with Crippen LogP contribution in [0.3, 0.4) is 0 Å². The molecule has 1 heterocycles. The van der Waals surface area contributed by atoms with Crippen LogP contribution in [-0.4, -0.2) is 47.7 Å². The van der Waals surface area contributed by atoms with E-state index in [4.69, 9.17) is 4.74 Å². The predicted molar refractivity (Wildman–Crippen MR) is 67.3 cm³/mol. The molecule has 0 saturated heterocycles. The van der Waals surface area contributed by atoms with Gasteiger partial charge in [-0.15, -0.1) is 0 Å². The summed E-state index contributed by atoms with van der Waals surface area (Å²) in [6.07, 6.45) is 4.39. The van der Waals surface area contributed by atoms with Crippen LogP contribution in [0.15, 0.2) is 12.3 Å². The first-order chi connectivity index (χ1) is 8.29. The second-order valence-electron chi connectivity index (χ2n) is 4.29. The molecule has 1 aliphatic rings. The Morgan fingerprint density at radius 3 is 3.06 bits per heavy atom. The van der Waals surface area contributed by atoms with Crippen molar-refractivity contribution in [3.05, 3.63) is 12.3 Å². The molecule has 0 spiro atoms. The van der Waals surface area contributed by atoms with Gasteiger partial charge in [-0.3, -0.25) is 0 Å². The fraction of sp³-hybridized carbons (Fsp3) is 0.667. The first-order valence-electron chi connectivity index (χ1n) is 6.19. The molecule has 1 aliphatic carbocycles. The molecule has 0 bridgehead atoms. The number of rotatable bonds is 7. The van der Waals surface area contributed by atoms with E-state index < -0.39 is 0 Å². The quantitative estimate of drug-likeness (QED) is 0.775. The molecule has 0 unspecified atom stereocenters. The van der Waals surface area contributed by atoms with Gasteiger partial charge in [0, 0.05) is 31.4 Å². The predicted octanol–water partition coefficient (Wildman–Crippen LogP) is 1.38. The molecule has 1 fully saturated rings. The molecule has 1 aromatic rings. The highest BCUT2D eigenvalue weighted by Gasteiger charge is 2.25. The Balaban J connectivity index is 1.75. The lowest BCUT2D eigenvalue weighted by atomic mass is 10.5. The maximum atomic E-state index is 5.32. The molecule has 0 aliphatic heterocycles. The molecule has 5 nitrogen and oxygen atoms in total. The van der Waals surface area contributed by atoms with Crippen molar-refractivity contribution in [3.8, 4) is 5.88 Å². The van der Waals surface area contributed by atoms with Crippen molar-refractivity contribution in [2.24, 2.45) is 0 Å². The van der Waals surface area contributed by atoms with Crippen molar-refractivity contribution in [2.75, 3.05) is 32.1 Å². The Morgan fingerprint density at radius 2 is 2.35 bits per heavy atom. The minimum Gasteiger partial charge on any atom is -0.478 e. The fourth-order valence-corrected chi connectivity index (χ4v) is 1.70. The number of likely N-dealkylation sites (N-methyl/N-ethyl adjacent to an activating group) is 1. The van der Waals surface area contributed by atoms with E-state index in [1.165, 1.54) is 12.8 Å². The lowest BCUT2D eigenvalue weighted by Crippen LogP contribution is -2.27. The summed E-state index contributed by atoms with van der Waals surface area (Å²) >= 11 is 0. The van der Waals surface area contributed by atoms with E-state index in [0.717, 1.165) is 19.1 Å². The third-order valence-electron chi connectivity index (χ3n) is 2.84. The third-order valence-corrected chi connectivity index (χ3v) is 2.84. The molecule has 0 atom stereocenters. The van der Waals surface area contributed by atoms with Gasteiger partial charge >= 0.3 is 0 Å². The van der Waals surface area contributed by atoms with Crippen LogP contribution >= 0.6 is 0 Å². The monoisotopic (exact) mass is 236 g/mol. The zero-order valence-corrected chi connectivity index (χ0v) is 10.5. The number of aromatic nitrogens is 2. The van der Waals surface area contributed by atoms with E-state index in [0.29, 0.717) is 18.4 Å². The Kier molecular flexibility index (Phi) is 4.14. The van der Waals surface area contributed by atoms with Gasteiger partial charge in [-0.1, -0.05) is 0 Å². The Morgan fingerprint density at radius 1 is 1.53 bits per heavy atom. The van der Waals surface area contributed by atoms with E-state index >= 15 is 0 Å². The molecule has 17 heavy (non-hydrogen) atoms. The minimum absolute atomic E-state index is 0.626. The highest BCUT2D eigenvalue weighted by atomic mass is 16.5. The third kappa shape index (κ3) is 3.85. The van der Waals surface area contributed by atoms with Gasteiger partial charge in [0.25, 0.3) is 0 Å². The van der Waals surface area contributed by atoms with E-state index in [9.17, 15) is 0 Å². The van der Waals surface area contributed by atoms with Crippen molar-refractivity contribution in [2.45, 2.75) is 25.8 Å². The van der Waals surface area contributed by atoms with Gasteiger partial charge in [-0.25, -0.2) is 4.98 Å². The average molecular weight is 236 g/mol. The summed E-state index contributed by atoms with van der Waals surface area (Å²) in [6.45, 7) is 4.45. The van der Waals surface area contributed by atoms with E-state index in [1.54, 1.807) is 12.3 Å². The van der Waals surface area contributed by atoms with Crippen molar-refractivity contribution in [1.82, 2.24) is 14.9 Å². The first-order valence-corrected chi connectivity index (χ1v) is 6.19. The van der Waals surface area contributed by atoms with Gasteiger partial charge in [0.2, 0.25) is 11.8 Å². The van der Waals surface area contributed by atoms with Crippen LogP contribution in [0.2, 0.25) is 0 Å². The standard InChI is InChI=1S/C12H20N4O/c1-3-17-11-6-7-13-12(15-11)14-8-9-16(2)10-4-5-10/h6-7,10H,3-5,8-9H2,1-2H3,(H,13,14,15). The highest BCUT2D eigenvalue weighted by Crippen LogP contribution is 2.24. The normalized spacial score (nSPS) is 15.0. The highest BCUT2D eigenvalue weighted by molar-refractivity contribution is 5.27. The summed E-state index contributed by atoms with van der Waals surface area (Å²) in [7, 11) is 2.16. The van der Waals surface area contributed by atoms with Crippen molar-refractivity contribution >= 4 is 5.95 Å². The zero-order chi connectivity index (χ0) is 12.1. The summed E-state index contributed by atoms with van der Waals surface area (Å²) in [5, 5.41) is 3.21. The Bertz CT molecular complexity index is 354. The molecule has 94 valence electrons. The molecule has 0 radical (unpaired) electrons. The molecule has 0 amide bonds. The van der Waals surface area contributed by atoms with Crippen molar-refractivity contribution in [3.63, 3.8) is 0 Å². The van der Waals surface area contributed by atoms with Gasteiger partial charge < -0.3 is 15.0 Å². The number of hydrogen-bond acceptors (Lipinski definition) is 5. The summed E-state index contributed by atoms with van der Waals surface area (Å²) in [5.74, 6) is 1.26. The van der Waals surface area contributed by atoms with Crippen LogP contribution < -0.4 is 10.1 Å². The summed E-state index contributed by atoms with van der Waals surface area (Å²) in [5.41, 5.74) is 0. The summed E-state index contributed by atoms with van der Waals surface area (Å²) < 4.78 is 5.32. The van der Waals surface area contributed by atoms with E-state index in [1.807, 2.05) is 6.92 Å². The van der Waals surface area contributed by atoms with Crippen molar-refractivity contribution in [1.29, 1.82) is 0 Å². The molecule has 5 heteroatoms. The second-order valence-corrected chi connectivity index (χ2v) is 4.29. The molecular weight excluding hydrogens is 216 g/mol. The molecule has 2 rings (SSSR count). The fourth-order valence-electron chi connectivity index (χ4n) is 1.70. The zero-order valence-electron chi connectivity index (χ0n) is 10.5. The first kappa shape index (κ1) is 12.1. The van der Waals surface area contributed by atoms with Crippen LogP contribution in [0.5, 0.6) is 5.88 Å². The topological polar surface area (TPSA) is 50.3 Å². The minimum atomic E-state index is 0.626. The maximum absolute atomic E-state index is 5.32. The summed E-state index contributed by atoms with van der Waals surface area (Å²) in [4.78, 5) is 10.8. The van der Waals surface area contributed by atoms with Gasteiger partial charge in [0.05, 0.1) is 6.61 Å². The largest absolute Gasteiger partial charge is 0.478 e. The Labute approximate surface area is 102 Å². The molecule has 1 N–H and O–H groups in total. The maximum Gasteiger partial charge on any atom is 0.225 e. The van der Waals surface area contributed by atoms with Crippen LogP contribution in [-0.2, 0) is 0 Å². The number of ether oxygens (including phenoxy) is 1. The molecule has 1 aromatic heterocycles. The van der Waals surface area contributed by atoms with Gasteiger partial charge in [0.1, 0.15) is 0 Å².